The average molecular weight is 523 g/mol. The van der Waals surface area contributed by atoms with Crippen LogP contribution < -0.4 is 4.87 Å². The van der Waals surface area contributed by atoms with E-state index in [1.54, 1.807) is 16.7 Å². The van der Waals surface area contributed by atoms with Crippen molar-refractivity contribution in [1.82, 2.24) is 19.0 Å². The van der Waals surface area contributed by atoms with Crippen LogP contribution in [0.1, 0.15) is 19.2 Å². The molecule has 4 aromatic rings. The standard InChI is InChI=1S/C20H19BrN4O4S2/c1-3-9-25-16-8-7-15(11-17(16)30-20(25)26)31(27,28)24(2)12-18-22-19(23-29-18)13-5-4-6-14(21)10-13/h4-8,10-11H,3,9,12H2,1-2H3. The Morgan fingerprint density at radius 2 is 2.03 bits per heavy atom. The molecule has 0 aliphatic heterocycles. The summed E-state index contributed by atoms with van der Waals surface area (Å²) in [5.41, 5.74) is 1.50. The van der Waals surface area contributed by atoms with Gasteiger partial charge in [-0.1, -0.05) is 51.5 Å². The highest BCUT2D eigenvalue weighted by Gasteiger charge is 2.24. The molecule has 0 fully saturated rings. The summed E-state index contributed by atoms with van der Waals surface area (Å²) in [4.78, 5) is 16.5. The number of fused-ring (bicyclic) bond motifs is 1. The zero-order chi connectivity index (χ0) is 22.2. The molecule has 8 nitrogen and oxygen atoms in total. The number of benzene rings is 2. The van der Waals surface area contributed by atoms with E-state index in [4.69, 9.17) is 4.52 Å². The van der Waals surface area contributed by atoms with Crippen LogP contribution >= 0.6 is 27.3 Å². The first kappa shape index (κ1) is 21.9. The highest BCUT2D eigenvalue weighted by molar-refractivity contribution is 9.10. The molecule has 0 amide bonds. The maximum Gasteiger partial charge on any atom is 0.308 e. The quantitative estimate of drug-likeness (QED) is 0.362. The molecule has 0 radical (unpaired) electrons. The number of aryl methyl sites for hydroxylation is 1. The van der Waals surface area contributed by atoms with E-state index in [0.29, 0.717) is 17.1 Å². The van der Waals surface area contributed by atoms with Crippen molar-refractivity contribution in [3.05, 3.63) is 62.5 Å². The van der Waals surface area contributed by atoms with Crippen LogP contribution in [0.25, 0.3) is 21.6 Å². The molecule has 0 unspecified atom stereocenters. The van der Waals surface area contributed by atoms with Gasteiger partial charge in [-0.2, -0.15) is 9.29 Å². The Kier molecular flexibility index (Phi) is 6.11. The summed E-state index contributed by atoms with van der Waals surface area (Å²) in [7, 11) is -2.36. The van der Waals surface area contributed by atoms with Crippen molar-refractivity contribution in [3.8, 4) is 11.4 Å². The Hall–Kier alpha value is -2.34. The van der Waals surface area contributed by atoms with Gasteiger partial charge in [-0.3, -0.25) is 9.36 Å². The van der Waals surface area contributed by atoms with E-state index in [1.807, 2.05) is 31.2 Å². The van der Waals surface area contributed by atoms with Crippen molar-refractivity contribution in [2.75, 3.05) is 7.05 Å². The molecule has 31 heavy (non-hydrogen) atoms. The highest BCUT2D eigenvalue weighted by Crippen LogP contribution is 2.25. The van der Waals surface area contributed by atoms with Gasteiger partial charge in [0.2, 0.25) is 21.7 Å². The van der Waals surface area contributed by atoms with Crippen LogP contribution in [0.2, 0.25) is 0 Å². The Labute approximate surface area is 191 Å². The predicted octanol–water partition coefficient (Wildman–Crippen LogP) is 4.11. The number of thiazole rings is 1. The summed E-state index contributed by atoms with van der Waals surface area (Å²) >= 11 is 4.44. The molecular formula is C20H19BrN4O4S2. The van der Waals surface area contributed by atoms with Gasteiger partial charge in [0.05, 0.1) is 21.7 Å². The maximum atomic E-state index is 13.1. The molecule has 0 N–H and O–H groups in total. The molecule has 4 rings (SSSR count). The summed E-state index contributed by atoms with van der Waals surface area (Å²) in [6.07, 6.45) is 0.820. The van der Waals surface area contributed by atoms with Gasteiger partial charge < -0.3 is 4.52 Å². The zero-order valence-electron chi connectivity index (χ0n) is 16.8. The van der Waals surface area contributed by atoms with Gasteiger partial charge in [0, 0.05) is 23.6 Å². The van der Waals surface area contributed by atoms with Crippen LogP contribution in [0, 0.1) is 0 Å². The third kappa shape index (κ3) is 4.36. The number of hydrogen-bond donors (Lipinski definition) is 0. The van der Waals surface area contributed by atoms with E-state index < -0.39 is 10.0 Å². The molecule has 2 aromatic heterocycles. The van der Waals surface area contributed by atoms with Crippen molar-refractivity contribution >= 4 is 47.5 Å². The van der Waals surface area contributed by atoms with Crippen molar-refractivity contribution < 1.29 is 12.9 Å². The molecule has 0 aliphatic carbocycles. The molecule has 2 aromatic carbocycles. The second-order valence-corrected chi connectivity index (χ2v) is 10.9. The molecule has 2 heterocycles. The first-order chi connectivity index (χ1) is 14.8. The van der Waals surface area contributed by atoms with E-state index in [-0.39, 0.29) is 22.2 Å². The summed E-state index contributed by atoms with van der Waals surface area (Å²) in [6, 6.07) is 12.2. The monoisotopic (exact) mass is 522 g/mol. The lowest BCUT2D eigenvalue weighted by Gasteiger charge is -2.15. The van der Waals surface area contributed by atoms with Crippen molar-refractivity contribution in [3.63, 3.8) is 0 Å². The van der Waals surface area contributed by atoms with Crippen LogP contribution in [0.3, 0.4) is 0 Å². The van der Waals surface area contributed by atoms with E-state index >= 15 is 0 Å². The summed E-state index contributed by atoms with van der Waals surface area (Å²) in [5, 5.41) is 3.94. The highest BCUT2D eigenvalue weighted by atomic mass is 79.9. The van der Waals surface area contributed by atoms with Crippen LogP contribution in [-0.2, 0) is 23.1 Å². The summed E-state index contributed by atoms with van der Waals surface area (Å²) in [5.74, 6) is 0.562. The van der Waals surface area contributed by atoms with Crippen LogP contribution in [0.5, 0.6) is 0 Å². The summed E-state index contributed by atoms with van der Waals surface area (Å²) < 4.78 is 35.7. The second kappa shape index (κ2) is 8.65. The van der Waals surface area contributed by atoms with Crippen molar-refractivity contribution in [1.29, 1.82) is 0 Å². The SMILES string of the molecule is CCCn1c(=O)sc2cc(S(=O)(=O)N(C)Cc3nc(-c4cccc(Br)c4)no3)ccc21. The Morgan fingerprint density at radius 1 is 1.23 bits per heavy atom. The van der Waals surface area contributed by atoms with E-state index in [2.05, 4.69) is 26.1 Å². The molecule has 0 aliphatic rings. The van der Waals surface area contributed by atoms with Crippen molar-refractivity contribution in [2.24, 2.45) is 0 Å². The average Bonchev–Trinajstić information content (AvgIpc) is 3.32. The van der Waals surface area contributed by atoms with Gasteiger partial charge in [0.15, 0.2) is 0 Å². The Morgan fingerprint density at radius 3 is 2.77 bits per heavy atom. The van der Waals surface area contributed by atoms with E-state index in [9.17, 15) is 13.2 Å². The smallest absolute Gasteiger partial charge is 0.308 e. The molecule has 0 spiro atoms. The normalized spacial score (nSPS) is 12.1. The van der Waals surface area contributed by atoms with E-state index in [1.165, 1.54) is 13.1 Å². The lowest BCUT2D eigenvalue weighted by atomic mass is 10.2. The molecule has 11 heteroatoms. The van der Waals surface area contributed by atoms with E-state index in [0.717, 1.165) is 37.6 Å². The minimum atomic E-state index is -3.81. The molecule has 0 bridgehead atoms. The second-order valence-electron chi connectivity index (χ2n) is 6.93. The van der Waals surface area contributed by atoms with Gasteiger partial charge in [-0.25, -0.2) is 8.42 Å². The molecule has 162 valence electrons. The number of halogens is 1. The third-order valence-corrected chi connectivity index (χ3v) is 7.94. The fourth-order valence-electron chi connectivity index (χ4n) is 3.16. The van der Waals surface area contributed by atoms with Crippen LogP contribution in [0.15, 0.2) is 61.2 Å². The number of hydrogen-bond acceptors (Lipinski definition) is 7. The first-order valence-corrected chi connectivity index (χ1v) is 12.5. The molecule has 0 atom stereocenters. The molecular weight excluding hydrogens is 504 g/mol. The minimum Gasteiger partial charge on any atom is -0.338 e. The lowest BCUT2D eigenvalue weighted by molar-refractivity contribution is 0.337. The minimum absolute atomic E-state index is 0.0749. The number of sulfonamides is 1. The first-order valence-electron chi connectivity index (χ1n) is 9.48. The number of aromatic nitrogens is 3. The largest absolute Gasteiger partial charge is 0.338 e. The molecule has 0 saturated carbocycles. The lowest BCUT2D eigenvalue weighted by Crippen LogP contribution is -2.26. The third-order valence-electron chi connectivity index (χ3n) is 4.70. The number of rotatable bonds is 7. The van der Waals surface area contributed by atoms with Gasteiger partial charge in [-0.05, 0) is 36.8 Å². The van der Waals surface area contributed by atoms with Gasteiger partial charge in [0.1, 0.15) is 0 Å². The predicted molar refractivity (Wildman–Crippen MR) is 122 cm³/mol. The van der Waals surface area contributed by atoms with Gasteiger partial charge in [-0.15, -0.1) is 0 Å². The Balaban J connectivity index is 1.58. The Bertz CT molecular complexity index is 1410. The fourth-order valence-corrected chi connectivity index (χ4v) is 5.74. The summed E-state index contributed by atoms with van der Waals surface area (Å²) in [6.45, 7) is 2.51. The van der Waals surface area contributed by atoms with Gasteiger partial charge >= 0.3 is 4.87 Å². The number of nitrogens with zero attached hydrogens (tertiary/aromatic N) is 4. The van der Waals surface area contributed by atoms with Crippen molar-refractivity contribution in [2.45, 2.75) is 31.3 Å². The molecule has 0 saturated heterocycles. The maximum absolute atomic E-state index is 13.1. The van der Waals surface area contributed by atoms with Gasteiger partial charge in [0.25, 0.3) is 0 Å². The van der Waals surface area contributed by atoms with Crippen LogP contribution in [-0.4, -0.2) is 34.5 Å². The van der Waals surface area contributed by atoms with Crippen LogP contribution in [0.4, 0.5) is 0 Å². The zero-order valence-corrected chi connectivity index (χ0v) is 20.0. The fraction of sp³-hybridized carbons (Fsp3) is 0.250. The topological polar surface area (TPSA) is 98.3 Å².